The zero-order valence-electron chi connectivity index (χ0n) is 14.0. The van der Waals surface area contributed by atoms with Crippen LogP contribution in [0.4, 0.5) is 0 Å². The van der Waals surface area contributed by atoms with E-state index in [4.69, 9.17) is 4.74 Å². The van der Waals surface area contributed by atoms with Crippen LogP contribution in [-0.4, -0.2) is 38.3 Å². The summed E-state index contributed by atoms with van der Waals surface area (Å²) in [5.74, 6) is 3.20. The number of ether oxygens (including phenoxy) is 1. The monoisotopic (exact) mass is 342 g/mol. The standard InChI is InChI=1S/C18H30N2O2.ClH/c21-17(8-16-12-22-4-3-19-16)20-2-1-18-9-13-5-14(10-18)7-15(6-13)11-18;/h13-16,19H,1-12H2,(H,20,21);1H. The van der Waals surface area contributed by atoms with E-state index in [1.807, 2.05) is 0 Å². The molecule has 5 fully saturated rings. The van der Waals surface area contributed by atoms with Gasteiger partial charge in [-0.1, -0.05) is 0 Å². The Bertz CT molecular complexity index is 388. The molecular formula is C18H31ClN2O2. The lowest BCUT2D eigenvalue weighted by Crippen LogP contribution is -2.48. The van der Waals surface area contributed by atoms with E-state index in [0.717, 1.165) is 37.5 Å². The summed E-state index contributed by atoms with van der Waals surface area (Å²) in [6.45, 7) is 3.18. The van der Waals surface area contributed by atoms with E-state index in [-0.39, 0.29) is 24.4 Å². The van der Waals surface area contributed by atoms with E-state index in [1.165, 1.54) is 44.9 Å². The Balaban J connectivity index is 0.00000156. The lowest BCUT2D eigenvalue weighted by Gasteiger charge is -2.57. The Morgan fingerprint density at radius 3 is 2.35 bits per heavy atom. The molecule has 0 spiro atoms. The van der Waals surface area contributed by atoms with E-state index >= 15 is 0 Å². The number of hydrogen-bond donors (Lipinski definition) is 2. The molecule has 1 aliphatic heterocycles. The molecule has 2 N–H and O–H groups in total. The van der Waals surface area contributed by atoms with Gasteiger partial charge in [0.2, 0.25) is 5.91 Å². The largest absolute Gasteiger partial charge is 0.378 e. The predicted molar refractivity (Wildman–Crippen MR) is 92.7 cm³/mol. The molecule has 0 aromatic rings. The van der Waals surface area contributed by atoms with Gasteiger partial charge in [0.1, 0.15) is 0 Å². The summed E-state index contributed by atoms with van der Waals surface area (Å²) in [7, 11) is 0. The number of morpholine rings is 1. The maximum Gasteiger partial charge on any atom is 0.221 e. The summed E-state index contributed by atoms with van der Waals surface area (Å²) < 4.78 is 5.41. The molecule has 4 bridgehead atoms. The number of hydrogen-bond acceptors (Lipinski definition) is 3. The fraction of sp³-hybridized carbons (Fsp3) is 0.944. The van der Waals surface area contributed by atoms with Crippen LogP contribution in [0.3, 0.4) is 0 Å². The molecule has 132 valence electrons. The maximum atomic E-state index is 12.1. The SMILES string of the molecule is Cl.O=C(CC1COCCN1)NCCC12CC3CC(CC(C3)C1)C2. The first-order chi connectivity index (χ1) is 10.7. The van der Waals surface area contributed by atoms with E-state index < -0.39 is 0 Å². The minimum atomic E-state index is 0. The molecule has 1 unspecified atom stereocenters. The number of amides is 1. The van der Waals surface area contributed by atoms with Crippen LogP contribution in [0.15, 0.2) is 0 Å². The zero-order valence-corrected chi connectivity index (χ0v) is 14.8. The summed E-state index contributed by atoms with van der Waals surface area (Å²) in [4.78, 5) is 12.1. The molecule has 0 aromatic heterocycles. The molecule has 23 heavy (non-hydrogen) atoms. The molecule has 5 rings (SSSR count). The fourth-order valence-electron chi connectivity index (χ4n) is 6.11. The van der Waals surface area contributed by atoms with Crippen LogP contribution in [0, 0.1) is 23.2 Å². The van der Waals surface area contributed by atoms with Crippen molar-refractivity contribution in [2.24, 2.45) is 23.2 Å². The predicted octanol–water partition coefficient (Wildman–Crippen LogP) is 2.51. The van der Waals surface area contributed by atoms with Crippen LogP contribution < -0.4 is 10.6 Å². The van der Waals surface area contributed by atoms with E-state index in [2.05, 4.69) is 10.6 Å². The van der Waals surface area contributed by atoms with Crippen LogP contribution >= 0.6 is 12.4 Å². The summed E-state index contributed by atoms with van der Waals surface area (Å²) >= 11 is 0. The molecule has 1 amide bonds. The first-order valence-corrected chi connectivity index (χ1v) is 9.29. The van der Waals surface area contributed by atoms with Crippen LogP contribution in [0.5, 0.6) is 0 Å². The number of carbonyl (C=O) groups is 1. The summed E-state index contributed by atoms with van der Waals surface area (Å²) in [6.07, 6.45) is 10.6. The third kappa shape index (κ3) is 4.02. The normalized spacial score (nSPS) is 41.4. The van der Waals surface area contributed by atoms with Gasteiger partial charge < -0.3 is 15.4 Å². The lowest BCUT2D eigenvalue weighted by molar-refractivity contribution is -0.122. The summed E-state index contributed by atoms with van der Waals surface area (Å²) in [5.41, 5.74) is 0.578. The molecule has 5 aliphatic rings. The Hall–Kier alpha value is -0.320. The van der Waals surface area contributed by atoms with E-state index in [1.54, 1.807) is 0 Å². The second kappa shape index (κ2) is 7.28. The topological polar surface area (TPSA) is 50.4 Å². The van der Waals surface area contributed by atoms with Crippen molar-refractivity contribution in [2.45, 2.75) is 57.4 Å². The third-order valence-corrected chi connectivity index (χ3v) is 6.57. The van der Waals surface area contributed by atoms with Gasteiger partial charge in [0, 0.05) is 25.6 Å². The highest BCUT2D eigenvalue weighted by molar-refractivity contribution is 5.85. The molecule has 0 aromatic carbocycles. The molecule has 0 radical (unpaired) electrons. The molecule has 4 nitrogen and oxygen atoms in total. The van der Waals surface area contributed by atoms with Crippen LogP contribution in [0.25, 0.3) is 0 Å². The second-order valence-electron chi connectivity index (χ2n) is 8.45. The van der Waals surface area contributed by atoms with Gasteiger partial charge in [-0.3, -0.25) is 4.79 Å². The molecule has 5 heteroatoms. The molecule has 4 aliphatic carbocycles. The van der Waals surface area contributed by atoms with E-state index in [0.29, 0.717) is 18.4 Å². The number of carbonyl (C=O) groups excluding carboxylic acids is 1. The van der Waals surface area contributed by atoms with Crippen molar-refractivity contribution in [3.8, 4) is 0 Å². The highest BCUT2D eigenvalue weighted by atomic mass is 35.5. The van der Waals surface area contributed by atoms with Crippen LogP contribution in [0.2, 0.25) is 0 Å². The van der Waals surface area contributed by atoms with Crippen molar-refractivity contribution >= 4 is 18.3 Å². The maximum absolute atomic E-state index is 12.1. The van der Waals surface area contributed by atoms with E-state index in [9.17, 15) is 4.79 Å². The van der Waals surface area contributed by atoms with Gasteiger partial charge in [0.25, 0.3) is 0 Å². The first kappa shape index (κ1) is 17.5. The number of rotatable bonds is 5. The third-order valence-electron chi connectivity index (χ3n) is 6.57. The lowest BCUT2D eigenvalue weighted by atomic mass is 9.49. The molecule has 1 atom stereocenters. The van der Waals surface area contributed by atoms with Gasteiger partial charge in [-0.2, -0.15) is 0 Å². The van der Waals surface area contributed by atoms with Gasteiger partial charge in [0.15, 0.2) is 0 Å². The smallest absolute Gasteiger partial charge is 0.221 e. The summed E-state index contributed by atoms with van der Waals surface area (Å²) in [6, 6.07) is 0.202. The quantitative estimate of drug-likeness (QED) is 0.807. The summed E-state index contributed by atoms with van der Waals surface area (Å²) in [5, 5.41) is 6.52. The molecule has 4 saturated carbocycles. The highest BCUT2D eigenvalue weighted by Crippen LogP contribution is 2.61. The van der Waals surface area contributed by atoms with Gasteiger partial charge in [-0.25, -0.2) is 0 Å². The van der Waals surface area contributed by atoms with Crippen molar-refractivity contribution in [3.05, 3.63) is 0 Å². The fourth-order valence-corrected chi connectivity index (χ4v) is 6.11. The van der Waals surface area contributed by atoms with Gasteiger partial charge in [0.05, 0.1) is 13.2 Å². The van der Waals surface area contributed by atoms with Crippen LogP contribution in [0.1, 0.15) is 51.4 Å². The minimum Gasteiger partial charge on any atom is -0.378 e. The van der Waals surface area contributed by atoms with Gasteiger partial charge in [-0.15, -0.1) is 12.4 Å². The Morgan fingerprint density at radius 2 is 1.78 bits per heavy atom. The average Bonchev–Trinajstić information content (AvgIpc) is 2.46. The number of halogens is 1. The Morgan fingerprint density at radius 1 is 1.13 bits per heavy atom. The van der Waals surface area contributed by atoms with Crippen molar-refractivity contribution in [1.82, 2.24) is 10.6 Å². The van der Waals surface area contributed by atoms with Crippen molar-refractivity contribution in [2.75, 3.05) is 26.3 Å². The van der Waals surface area contributed by atoms with Crippen LogP contribution in [-0.2, 0) is 9.53 Å². The first-order valence-electron chi connectivity index (χ1n) is 9.29. The molecule has 1 saturated heterocycles. The number of nitrogens with one attached hydrogen (secondary N) is 2. The average molecular weight is 343 g/mol. The molecule has 1 heterocycles. The zero-order chi connectivity index (χ0) is 15.0. The van der Waals surface area contributed by atoms with Crippen molar-refractivity contribution in [3.63, 3.8) is 0 Å². The van der Waals surface area contributed by atoms with Gasteiger partial charge >= 0.3 is 0 Å². The Labute approximate surface area is 145 Å². The van der Waals surface area contributed by atoms with Crippen molar-refractivity contribution in [1.29, 1.82) is 0 Å². The van der Waals surface area contributed by atoms with Gasteiger partial charge in [-0.05, 0) is 68.1 Å². The molecular weight excluding hydrogens is 312 g/mol. The Kier molecular flexibility index (Phi) is 5.54. The minimum absolute atomic E-state index is 0. The second-order valence-corrected chi connectivity index (χ2v) is 8.45. The van der Waals surface area contributed by atoms with Crippen molar-refractivity contribution < 1.29 is 9.53 Å². The highest BCUT2D eigenvalue weighted by Gasteiger charge is 2.50.